The van der Waals surface area contributed by atoms with E-state index in [1.165, 1.54) is 89.9 Å². The molecular weight excluding hydrogens is 355 g/mol. The van der Waals surface area contributed by atoms with E-state index < -0.39 is 7.82 Å². The first-order chi connectivity index (χ1) is 12.4. The summed E-state index contributed by atoms with van der Waals surface area (Å²) in [6, 6.07) is 0. The van der Waals surface area contributed by atoms with Gasteiger partial charge in [0.25, 0.3) is 0 Å². The maximum absolute atomic E-state index is 8.88. The van der Waals surface area contributed by atoms with Gasteiger partial charge < -0.3 is 24.5 Å². The number of aliphatic hydroxyl groups excluding tert-OH is 1. The molecular formula is C19H43O6P. The Morgan fingerprint density at radius 1 is 0.615 bits per heavy atom. The highest BCUT2D eigenvalue weighted by Crippen LogP contribution is 2.25. The van der Waals surface area contributed by atoms with Crippen molar-refractivity contribution in [1.29, 1.82) is 0 Å². The minimum absolute atomic E-state index is 0.249. The Balaban J connectivity index is 0. The number of aliphatic hydroxyl groups is 1. The van der Waals surface area contributed by atoms with Gasteiger partial charge in [0.05, 0.1) is 0 Å². The normalized spacial score (nSPS) is 11.3. The van der Waals surface area contributed by atoms with Crippen LogP contribution in [0.2, 0.25) is 0 Å². The van der Waals surface area contributed by atoms with Crippen molar-refractivity contribution >= 4 is 7.82 Å². The molecule has 0 aromatic heterocycles. The first kappa shape index (κ1) is 28.2. The molecule has 0 aliphatic carbocycles. The van der Waals surface area contributed by atoms with Gasteiger partial charge in [-0.2, -0.15) is 0 Å². The van der Waals surface area contributed by atoms with Crippen LogP contribution in [0.4, 0.5) is 0 Å². The molecule has 160 valence electrons. The molecule has 0 spiro atoms. The summed E-state index contributed by atoms with van der Waals surface area (Å²) in [4.78, 5) is 21.6. The molecule has 0 saturated carbocycles. The topological polar surface area (TPSA) is 107 Å². The van der Waals surface area contributed by atoms with Crippen LogP contribution in [0.15, 0.2) is 0 Å². The SMILES string of the molecule is CCCCCCCCCCCCCCCCOCCCO.O=P(O)(O)O. The minimum Gasteiger partial charge on any atom is -0.396 e. The highest BCUT2D eigenvalue weighted by molar-refractivity contribution is 7.45. The maximum atomic E-state index is 8.88. The molecule has 0 bridgehead atoms. The Labute approximate surface area is 160 Å². The van der Waals surface area contributed by atoms with E-state index in [0.717, 1.165) is 19.6 Å². The van der Waals surface area contributed by atoms with E-state index in [4.69, 9.17) is 29.1 Å². The van der Waals surface area contributed by atoms with Gasteiger partial charge in [-0.3, -0.25) is 0 Å². The largest absolute Gasteiger partial charge is 0.466 e. The fraction of sp³-hybridized carbons (Fsp3) is 1.00. The standard InChI is InChI=1S/C19H40O2.H3O4P/c1-2-3-4-5-6-7-8-9-10-11-12-13-14-15-18-21-19-16-17-20;1-5(2,3)4/h20H,2-19H2,1H3;(H3,1,2,3,4). The van der Waals surface area contributed by atoms with E-state index in [1.54, 1.807) is 0 Å². The Hall–Kier alpha value is 0.0300. The molecule has 0 unspecified atom stereocenters. The summed E-state index contributed by atoms with van der Waals surface area (Å²) in [5, 5.41) is 8.61. The second kappa shape index (κ2) is 23.1. The molecule has 4 N–H and O–H groups in total. The molecule has 0 aromatic carbocycles. The lowest BCUT2D eigenvalue weighted by Crippen LogP contribution is -1.98. The minimum atomic E-state index is -4.64. The van der Waals surface area contributed by atoms with E-state index in [-0.39, 0.29) is 6.61 Å². The lowest BCUT2D eigenvalue weighted by atomic mass is 10.0. The number of rotatable bonds is 18. The Morgan fingerprint density at radius 2 is 0.923 bits per heavy atom. The van der Waals surface area contributed by atoms with Crippen LogP contribution in [0.1, 0.15) is 103 Å². The Morgan fingerprint density at radius 3 is 1.27 bits per heavy atom. The average Bonchev–Trinajstić information content (AvgIpc) is 2.56. The Kier molecular flexibility index (Phi) is 25.1. The quantitative estimate of drug-likeness (QED) is 0.192. The molecule has 6 nitrogen and oxygen atoms in total. The van der Waals surface area contributed by atoms with Crippen LogP contribution < -0.4 is 0 Å². The molecule has 0 heterocycles. The average molecular weight is 399 g/mol. The molecule has 0 aromatic rings. The molecule has 0 rings (SSSR count). The summed E-state index contributed by atoms with van der Waals surface area (Å²) >= 11 is 0. The van der Waals surface area contributed by atoms with Crippen molar-refractivity contribution in [2.45, 2.75) is 103 Å². The maximum Gasteiger partial charge on any atom is 0.466 e. The van der Waals surface area contributed by atoms with Gasteiger partial charge in [0.15, 0.2) is 0 Å². The summed E-state index contributed by atoms with van der Waals surface area (Å²) < 4.78 is 14.3. The van der Waals surface area contributed by atoms with Crippen molar-refractivity contribution in [1.82, 2.24) is 0 Å². The van der Waals surface area contributed by atoms with Crippen LogP contribution >= 0.6 is 7.82 Å². The molecule has 0 aliphatic heterocycles. The third-order valence-electron chi connectivity index (χ3n) is 4.09. The molecule has 26 heavy (non-hydrogen) atoms. The number of unbranched alkanes of at least 4 members (excludes halogenated alkanes) is 13. The van der Waals surface area contributed by atoms with Gasteiger partial charge in [-0.15, -0.1) is 0 Å². The predicted octanol–water partition coefficient (Wildman–Crippen LogP) is 4.94. The van der Waals surface area contributed by atoms with Gasteiger partial charge in [-0.1, -0.05) is 90.4 Å². The smallest absolute Gasteiger partial charge is 0.396 e. The second-order valence-corrected chi connectivity index (χ2v) is 7.83. The first-order valence-corrected chi connectivity index (χ1v) is 11.9. The molecule has 0 aliphatic rings. The van der Waals surface area contributed by atoms with Crippen molar-refractivity contribution in [2.75, 3.05) is 19.8 Å². The second-order valence-electron chi connectivity index (χ2n) is 6.80. The molecule has 0 atom stereocenters. The number of hydrogen-bond donors (Lipinski definition) is 4. The molecule has 0 saturated heterocycles. The fourth-order valence-electron chi connectivity index (χ4n) is 2.67. The van der Waals surface area contributed by atoms with Crippen LogP contribution in [0, 0.1) is 0 Å². The van der Waals surface area contributed by atoms with Gasteiger partial charge in [-0.25, -0.2) is 4.57 Å². The van der Waals surface area contributed by atoms with Crippen LogP contribution in [0.5, 0.6) is 0 Å². The Bertz CT molecular complexity index is 269. The van der Waals surface area contributed by atoms with Gasteiger partial charge in [0.2, 0.25) is 0 Å². The summed E-state index contributed by atoms with van der Waals surface area (Å²) in [5.41, 5.74) is 0. The van der Waals surface area contributed by atoms with Gasteiger partial charge in [0.1, 0.15) is 0 Å². The summed E-state index contributed by atoms with van der Waals surface area (Å²) in [6.45, 7) is 4.12. The van der Waals surface area contributed by atoms with Crippen LogP contribution in [-0.2, 0) is 9.30 Å². The van der Waals surface area contributed by atoms with Gasteiger partial charge in [-0.05, 0) is 12.8 Å². The zero-order valence-electron chi connectivity index (χ0n) is 16.8. The fourth-order valence-corrected chi connectivity index (χ4v) is 2.67. The van der Waals surface area contributed by atoms with E-state index in [2.05, 4.69) is 6.92 Å². The lowest BCUT2D eigenvalue weighted by molar-refractivity contribution is 0.112. The van der Waals surface area contributed by atoms with E-state index in [9.17, 15) is 0 Å². The lowest BCUT2D eigenvalue weighted by Gasteiger charge is -2.04. The molecule has 0 amide bonds. The van der Waals surface area contributed by atoms with Gasteiger partial charge in [0, 0.05) is 19.8 Å². The van der Waals surface area contributed by atoms with Gasteiger partial charge >= 0.3 is 7.82 Å². The molecule has 7 heteroatoms. The highest BCUT2D eigenvalue weighted by Gasteiger charge is 2.00. The summed E-state index contributed by atoms with van der Waals surface area (Å²) in [7, 11) is -4.64. The third kappa shape index (κ3) is 39.2. The predicted molar refractivity (Wildman–Crippen MR) is 107 cm³/mol. The molecule has 0 fully saturated rings. The zero-order valence-corrected chi connectivity index (χ0v) is 17.7. The number of ether oxygens (including phenoxy) is 1. The van der Waals surface area contributed by atoms with Crippen LogP contribution in [0.25, 0.3) is 0 Å². The monoisotopic (exact) mass is 398 g/mol. The number of phosphoric acid groups is 1. The zero-order chi connectivity index (χ0) is 19.9. The number of hydrogen-bond acceptors (Lipinski definition) is 3. The van der Waals surface area contributed by atoms with Crippen LogP contribution in [-0.4, -0.2) is 39.6 Å². The van der Waals surface area contributed by atoms with E-state index in [1.807, 2.05) is 0 Å². The molecule has 0 radical (unpaired) electrons. The summed E-state index contributed by atoms with van der Waals surface area (Å²) in [5.74, 6) is 0. The highest BCUT2D eigenvalue weighted by atomic mass is 31.2. The third-order valence-corrected chi connectivity index (χ3v) is 4.09. The van der Waals surface area contributed by atoms with Crippen molar-refractivity contribution < 1.29 is 29.1 Å². The van der Waals surface area contributed by atoms with Crippen molar-refractivity contribution in [3.8, 4) is 0 Å². The first-order valence-electron chi connectivity index (χ1n) is 10.4. The van der Waals surface area contributed by atoms with Crippen molar-refractivity contribution in [3.05, 3.63) is 0 Å². The van der Waals surface area contributed by atoms with Crippen molar-refractivity contribution in [3.63, 3.8) is 0 Å². The van der Waals surface area contributed by atoms with Crippen LogP contribution in [0.3, 0.4) is 0 Å². The van der Waals surface area contributed by atoms with Crippen molar-refractivity contribution in [2.24, 2.45) is 0 Å². The summed E-state index contributed by atoms with van der Waals surface area (Å²) in [6.07, 6.45) is 20.3. The van der Waals surface area contributed by atoms with E-state index in [0.29, 0.717) is 0 Å². The van der Waals surface area contributed by atoms with E-state index >= 15 is 0 Å².